The first kappa shape index (κ1) is 65.8. The van der Waals surface area contributed by atoms with Crippen molar-refractivity contribution in [1.82, 2.24) is 0 Å². The lowest BCUT2D eigenvalue weighted by Gasteiger charge is -2.52. The maximum absolute atomic E-state index is 11.6. The minimum absolute atomic E-state index is 0. The van der Waals surface area contributed by atoms with Crippen molar-refractivity contribution in [3.8, 4) is 36.5 Å². The molecule has 0 aromatic rings. The molecule has 5 nitrogen and oxygen atoms in total. The number of aliphatic hydroxyl groups is 1. The molecule has 0 aromatic carbocycles. The van der Waals surface area contributed by atoms with Crippen LogP contribution < -0.4 is 0 Å². The molecular weight excluding hydrogens is 843 g/mol. The predicted molar refractivity (Wildman–Crippen MR) is 307 cm³/mol. The summed E-state index contributed by atoms with van der Waals surface area (Å²) in [5.74, 6) is 9.79. The monoisotopic (exact) mass is 956 g/mol. The number of terminal acetylenes is 2. The molecule has 2 unspecified atom stereocenters. The van der Waals surface area contributed by atoms with Gasteiger partial charge in [-0.15, -0.1) is 19.4 Å². The van der Waals surface area contributed by atoms with E-state index >= 15 is 0 Å². The molecule has 4 aliphatic rings. The minimum atomic E-state index is -0.518. The Balaban J connectivity index is -0.000000831. The molecule has 5 heteroatoms. The van der Waals surface area contributed by atoms with Crippen molar-refractivity contribution in [2.24, 2.45) is 54.4 Å². The number of hydrogen-bond donors (Lipinski definition) is 1. The normalized spacial score (nSPS) is 25.4. The molecular formula is C64H113N3O2. The fourth-order valence-corrected chi connectivity index (χ4v) is 14.2. The zero-order chi connectivity index (χ0) is 53.6. The summed E-state index contributed by atoms with van der Waals surface area (Å²) in [5, 5.41) is 14.5. The Bertz CT molecular complexity index is 1830. The van der Waals surface area contributed by atoms with Gasteiger partial charge in [-0.3, -0.25) is 4.79 Å². The lowest BCUT2D eigenvalue weighted by molar-refractivity contribution is -0.128. The molecule has 0 spiro atoms. The molecule has 4 saturated carbocycles. The summed E-state index contributed by atoms with van der Waals surface area (Å²) in [5.41, 5.74) is 14.2. The number of azide groups is 1. The second kappa shape index (κ2) is 28.8. The third kappa shape index (κ3) is 23.3. The van der Waals surface area contributed by atoms with Crippen molar-refractivity contribution in [2.45, 2.75) is 278 Å². The number of hydrogen-bond acceptors (Lipinski definition) is 3. The number of ketones is 1. The van der Waals surface area contributed by atoms with Crippen LogP contribution in [0.1, 0.15) is 269 Å². The standard InChI is InChI=1S/C16H30.C15H27N3.C15H28O.C12H22O.C6H2.2H2/c1-7-16(8-2)11-14(9-13(3)4)10-15(5,6)12-16;1-6-15(7-2)10-13(8-12(3)17-18-16)9-14(4,5)11-15;1-6-9-15(16)11-13(4,5)10-14(7-2,8-3)12-15;1-5-12(6-2)8-10(13)7-11(3,4)9-12;1-3-5-6-4-2;;/h9,13H,7-8,10-12H2,1-6H3;8,12H,6-7,9-11H2,1-5H3;6,16H,1,7-12H2,2-5H3;5-9H2,1-4H3;1-2H;2*1H. The molecule has 0 bridgehead atoms. The van der Waals surface area contributed by atoms with Gasteiger partial charge in [-0.05, 0) is 149 Å². The molecule has 0 aliphatic heterocycles. The van der Waals surface area contributed by atoms with Crippen LogP contribution in [-0.4, -0.2) is 22.5 Å². The van der Waals surface area contributed by atoms with Gasteiger partial charge in [0.25, 0.3) is 0 Å². The van der Waals surface area contributed by atoms with Gasteiger partial charge in [-0.25, -0.2) is 0 Å². The van der Waals surface area contributed by atoms with Crippen molar-refractivity contribution >= 4 is 5.78 Å². The Morgan fingerprint density at radius 3 is 1.29 bits per heavy atom. The van der Waals surface area contributed by atoms with E-state index in [4.69, 9.17) is 18.4 Å². The average Bonchev–Trinajstić information content (AvgIpc) is 3.23. The number of carbonyl (C=O) groups excluding carboxylic acids is 1. The summed E-state index contributed by atoms with van der Waals surface area (Å²) in [6.07, 6.45) is 40.1. The molecule has 4 rings (SSSR count). The first-order valence-electron chi connectivity index (χ1n) is 27.5. The smallest absolute Gasteiger partial charge is 0.133 e. The Kier molecular flexibility index (Phi) is 27.5. The average molecular weight is 957 g/mol. The number of nitrogens with zero attached hydrogens (tertiary/aromatic N) is 3. The first-order valence-corrected chi connectivity index (χ1v) is 27.5. The maximum Gasteiger partial charge on any atom is 0.133 e. The Morgan fingerprint density at radius 2 is 0.957 bits per heavy atom. The number of allylic oxidation sites excluding steroid dienone is 3. The molecule has 69 heavy (non-hydrogen) atoms. The van der Waals surface area contributed by atoms with Crippen LogP contribution in [0, 0.1) is 85.8 Å². The molecule has 4 fully saturated rings. The van der Waals surface area contributed by atoms with E-state index in [9.17, 15) is 9.90 Å². The summed E-state index contributed by atoms with van der Waals surface area (Å²) < 4.78 is 0. The van der Waals surface area contributed by atoms with Gasteiger partial charge in [0.15, 0.2) is 0 Å². The van der Waals surface area contributed by atoms with Gasteiger partial charge >= 0.3 is 0 Å². The van der Waals surface area contributed by atoms with Crippen LogP contribution in [0.2, 0.25) is 0 Å². The molecule has 0 aromatic heterocycles. The highest BCUT2D eigenvalue weighted by atomic mass is 16.3. The summed E-state index contributed by atoms with van der Waals surface area (Å²) in [6, 6.07) is -0.0229. The number of rotatable bonds is 13. The molecule has 2 atom stereocenters. The quantitative estimate of drug-likeness (QED) is 0.0655. The van der Waals surface area contributed by atoms with Crippen LogP contribution in [0.4, 0.5) is 0 Å². The van der Waals surface area contributed by atoms with E-state index in [1.54, 1.807) is 5.57 Å². The predicted octanol–water partition coefficient (Wildman–Crippen LogP) is 19.8. The Hall–Kier alpha value is -3.16. The topological polar surface area (TPSA) is 86.1 Å². The van der Waals surface area contributed by atoms with E-state index in [-0.39, 0.29) is 19.7 Å². The third-order valence-corrected chi connectivity index (χ3v) is 16.8. The highest BCUT2D eigenvalue weighted by Crippen LogP contribution is 2.56. The highest BCUT2D eigenvalue weighted by Gasteiger charge is 2.48. The van der Waals surface area contributed by atoms with E-state index in [2.05, 4.69) is 177 Å². The molecule has 396 valence electrons. The number of carbonyl (C=O) groups is 1. The largest absolute Gasteiger partial charge is 0.390 e. The second-order valence-corrected chi connectivity index (χ2v) is 26.2. The summed E-state index contributed by atoms with van der Waals surface area (Å²) >= 11 is 0. The van der Waals surface area contributed by atoms with Crippen LogP contribution >= 0.6 is 0 Å². The van der Waals surface area contributed by atoms with Gasteiger partial charge in [0, 0.05) is 20.6 Å². The van der Waals surface area contributed by atoms with Crippen LogP contribution in [-0.2, 0) is 4.79 Å². The van der Waals surface area contributed by atoms with E-state index in [1.165, 1.54) is 89.0 Å². The second-order valence-electron chi connectivity index (χ2n) is 26.2. The van der Waals surface area contributed by atoms with Crippen LogP contribution in [0.15, 0.2) is 41.1 Å². The fraction of sp³-hybridized carbons (Fsp3) is 0.797. The SMILES string of the molecule is C#CC#CC#C.C=CCC1(O)CC(C)(C)CC(CC)(CC)C1.CCC1(CC)CC(=CC(C)C)CC(C)(C)C1.CCC1(CC)CC(=CC(C)N=[N+]=[N-])CC(C)(C)C1.CCC1(CC)CC(=O)CC(C)(C)C1.[HH].[HH]. The van der Waals surface area contributed by atoms with E-state index < -0.39 is 5.60 Å². The Labute approximate surface area is 432 Å². The van der Waals surface area contributed by atoms with Crippen LogP contribution in [0.5, 0.6) is 0 Å². The summed E-state index contributed by atoms with van der Waals surface area (Å²) in [7, 11) is 0. The maximum atomic E-state index is 11.6. The summed E-state index contributed by atoms with van der Waals surface area (Å²) in [6.45, 7) is 47.3. The lowest BCUT2D eigenvalue weighted by atomic mass is 9.56. The third-order valence-electron chi connectivity index (χ3n) is 16.8. The van der Waals surface area contributed by atoms with E-state index in [0.29, 0.717) is 44.2 Å². The van der Waals surface area contributed by atoms with Crippen molar-refractivity contribution < 1.29 is 12.8 Å². The van der Waals surface area contributed by atoms with E-state index in [0.717, 1.165) is 51.4 Å². The molecule has 0 saturated heterocycles. The van der Waals surface area contributed by atoms with Gasteiger partial charge in [0.1, 0.15) is 5.78 Å². The molecule has 4 aliphatic carbocycles. The van der Waals surface area contributed by atoms with Gasteiger partial charge < -0.3 is 5.11 Å². The minimum Gasteiger partial charge on any atom is -0.390 e. The van der Waals surface area contributed by atoms with Gasteiger partial charge in [0.2, 0.25) is 0 Å². The molecule has 0 amide bonds. The van der Waals surface area contributed by atoms with Crippen molar-refractivity contribution in [3.05, 3.63) is 46.4 Å². The van der Waals surface area contributed by atoms with Gasteiger partial charge in [-0.2, -0.15) is 0 Å². The molecule has 1 N–H and O–H groups in total. The molecule has 0 radical (unpaired) electrons. The Morgan fingerprint density at radius 1 is 0.594 bits per heavy atom. The van der Waals surface area contributed by atoms with Crippen LogP contribution in [0.25, 0.3) is 10.4 Å². The zero-order valence-corrected chi connectivity index (χ0v) is 48.8. The molecule has 0 heterocycles. The summed E-state index contributed by atoms with van der Waals surface area (Å²) in [4.78, 5) is 14.5. The van der Waals surface area contributed by atoms with Crippen molar-refractivity contribution in [2.75, 3.05) is 0 Å². The van der Waals surface area contributed by atoms with Crippen molar-refractivity contribution in [1.29, 1.82) is 0 Å². The van der Waals surface area contributed by atoms with Crippen LogP contribution in [0.3, 0.4) is 0 Å². The first-order chi connectivity index (χ1) is 31.8. The van der Waals surface area contributed by atoms with Gasteiger partial charge in [0.05, 0.1) is 11.6 Å². The van der Waals surface area contributed by atoms with Gasteiger partial charge in [-0.1, -0.05) is 217 Å². The fourth-order valence-electron chi connectivity index (χ4n) is 14.2. The lowest BCUT2D eigenvalue weighted by Crippen LogP contribution is -2.47. The zero-order valence-electron chi connectivity index (χ0n) is 48.8. The number of Topliss-reactive ketones (excluding diaryl/α,β-unsaturated/α-hetero) is 1. The van der Waals surface area contributed by atoms with E-state index in [1.807, 2.05) is 13.0 Å². The van der Waals surface area contributed by atoms with Crippen molar-refractivity contribution in [3.63, 3.8) is 0 Å². The highest BCUT2D eigenvalue weighted by molar-refractivity contribution is 5.80.